The van der Waals surface area contributed by atoms with Crippen molar-refractivity contribution in [3.8, 4) is 0 Å². The second-order valence-corrected chi connectivity index (χ2v) is 11.1. The third kappa shape index (κ3) is 28.9. The van der Waals surface area contributed by atoms with Gasteiger partial charge in [0.15, 0.2) is 0 Å². The Morgan fingerprint density at radius 2 is 1.20 bits per heavy atom. The van der Waals surface area contributed by atoms with Crippen LogP contribution < -0.4 is 5.32 Å². The van der Waals surface area contributed by atoms with Crippen molar-refractivity contribution in [3.05, 3.63) is 24.3 Å². The van der Waals surface area contributed by atoms with Crippen molar-refractivity contribution in [3.63, 3.8) is 0 Å². The van der Waals surface area contributed by atoms with Gasteiger partial charge < -0.3 is 15.2 Å². The van der Waals surface area contributed by atoms with E-state index in [9.17, 15) is 14.4 Å². The minimum atomic E-state index is -1.03. The van der Waals surface area contributed by atoms with Gasteiger partial charge in [0.25, 0.3) is 0 Å². The molecule has 0 rings (SSSR count). The number of aliphatic carboxylic acids is 1. The lowest BCUT2D eigenvalue weighted by Gasteiger charge is -2.17. The van der Waals surface area contributed by atoms with Gasteiger partial charge in [0.1, 0.15) is 12.6 Å². The Bertz CT molecular complexity index is 673. The number of carbonyl (C=O) groups is 3. The Labute approximate surface area is 245 Å². The Kier molecular flexibility index (Phi) is 28.3. The number of amides is 1. The second kappa shape index (κ2) is 29.9. The van der Waals surface area contributed by atoms with E-state index in [-0.39, 0.29) is 24.5 Å². The molecule has 1 atom stereocenters. The number of esters is 1. The predicted octanol–water partition coefficient (Wildman–Crippen LogP) is 9.22. The maximum absolute atomic E-state index is 12.3. The molecule has 0 aromatic rings. The molecule has 0 fully saturated rings. The first-order valence-electron chi connectivity index (χ1n) is 16.5. The number of carboxylic acids is 1. The van der Waals surface area contributed by atoms with E-state index < -0.39 is 5.97 Å². The number of ether oxygens (including phenoxy) is 1. The van der Waals surface area contributed by atoms with Gasteiger partial charge in [-0.1, -0.05) is 109 Å². The molecule has 0 bridgehead atoms. The molecule has 6 heteroatoms. The molecule has 0 aromatic carbocycles. The highest BCUT2D eigenvalue weighted by molar-refractivity contribution is 5.80. The van der Waals surface area contributed by atoms with Crippen molar-refractivity contribution in [1.82, 2.24) is 5.32 Å². The van der Waals surface area contributed by atoms with Gasteiger partial charge in [-0.3, -0.25) is 14.4 Å². The van der Waals surface area contributed by atoms with Crippen LogP contribution in [0.5, 0.6) is 0 Å². The summed E-state index contributed by atoms with van der Waals surface area (Å²) in [6.07, 6.45) is 33.7. The van der Waals surface area contributed by atoms with Crippen LogP contribution in [0.3, 0.4) is 0 Å². The Morgan fingerprint density at radius 3 is 1.80 bits per heavy atom. The number of carboxylic acid groups (broad SMARTS) is 1. The molecule has 0 radical (unpaired) electrons. The first kappa shape index (κ1) is 37.9. The third-order valence-electron chi connectivity index (χ3n) is 7.11. The van der Waals surface area contributed by atoms with E-state index in [0.717, 1.165) is 51.4 Å². The summed E-state index contributed by atoms with van der Waals surface area (Å²) in [4.78, 5) is 34.3. The maximum atomic E-state index is 12.3. The van der Waals surface area contributed by atoms with Crippen LogP contribution in [0.2, 0.25) is 0 Å². The van der Waals surface area contributed by atoms with Crippen molar-refractivity contribution in [2.45, 2.75) is 168 Å². The van der Waals surface area contributed by atoms with Crippen molar-refractivity contribution >= 4 is 17.8 Å². The zero-order chi connectivity index (χ0) is 29.5. The normalized spacial score (nSPS) is 12.2. The van der Waals surface area contributed by atoms with Crippen LogP contribution in [0, 0.1) is 0 Å². The molecule has 0 aromatic heterocycles. The van der Waals surface area contributed by atoms with E-state index in [4.69, 9.17) is 9.84 Å². The number of allylic oxidation sites excluding steroid dienone is 4. The fourth-order valence-corrected chi connectivity index (χ4v) is 4.71. The van der Waals surface area contributed by atoms with Crippen molar-refractivity contribution in [2.24, 2.45) is 0 Å². The molecule has 0 aliphatic carbocycles. The van der Waals surface area contributed by atoms with Crippen molar-refractivity contribution < 1.29 is 24.2 Å². The van der Waals surface area contributed by atoms with Gasteiger partial charge in [0, 0.05) is 12.8 Å². The molecule has 0 saturated heterocycles. The first-order valence-corrected chi connectivity index (χ1v) is 16.5. The largest absolute Gasteiger partial charge is 0.480 e. The molecule has 0 heterocycles. The van der Waals surface area contributed by atoms with Crippen LogP contribution in [0.15, 0.2) is 24.3 Å². The Morgan fingerprint density at radius 1 is 0.650 bits per heavy atom. The molecule has 1 amide bonds. The number of rotatable bonds is 29. The molecule has 6 nitrogen and oxygen atoms in total. The molecule has 0 aliphatic heterocycles. The van der Waals surface area contributed by atoms with E-state index in [0.29, 0.717) is 19.3 Å². The van der Waals surface area contributed by atoms with Crippen LogP contribution in [-0.4, -0.2) is 35.6 Å². The number of unbranched alkanes of at least 4 members (excludes halogenated alkanes) is 14. The van der Waals surface area contributed by atoms with E-state index >= 15 is 0 Å². The fraction of sp³-hybridized carbons (Fsp3) is 0.794. The zero-order valence-electron chi connectivity index (χ0n) is 25.9. The summed E-state index contributed by atoms with van der Waals surface area (Å²) < 4.78 is 5.73. The first-order chi connectivity index (χ1) is 19.5. The van der Waals surface area contributed by atoms with E-state index in [2.05, 4.69) is 43.5 Å². The monoisotopic (exact) mass is 563 g/mol. The van der Waals surface area contributed by atoms with Crippen LogP contribution in [0.4, 0.5) is 0 Å². The average molecular weight is 564 g/mol. The topological polar surface area (TPSA) is 92.7 Å². The smallest absolute Gasteiger partial charge is 0.322 e. The molecule has 0 aliphatic rings. The molecule has 1 unspecified atom stereocenters. The Balaban J connectivity index is 3.61. The average Bonchev–Trinajstić information content (AvgIpc) is 2.93. The second-order valence-electron chi connectivity index (χ2n) is 11.1. The van der Waals surface area contributed by atoms with Gasteiger partial charge in [-0.25, -0.2) is 0 Å². The minimum Gasteiger partial charge on any atom is -0.480 e. The number of nitrogens with one attached hydrogen (secondary N) is 1. The van der Waals surface area contributed by atoms with Gasteiger partial charge in [-0.05, 0) is 64.2 Å². The zero-order valence-corrected chi connectivity index (χ0v) is 25.9. The fourth-order valence-electron chi connectivity index (χ4n) is 4.71. The molecule has 0 spiro atoms. The standard InChI is InChI=1S/C34H61NO5/c1-3-5-6-7-8-9-10-11-12-13-14-15-16-17-18-19-20-21-25-29-34(39)40-31(26-4-2)27-23-22-24-28-32(36)35-30-33(37)38/h8-9,11-12,31H,3-7,10,13-30H2,1-2H3,(H,35,36)(H,37,38)/b9-8-,12-11-. The van der Waals surface area contributed by atoms with Crippen LogP contribution >= 0.6 is 0 Å². The summed E-state index contributed by atoms with van der Waals surface area (Å²) >= 11 is 0. The quantitative estimate of drug-likeness (QED) is 0.0537. The van der Waals surface area contributed by atoms with E-state index in [1.807, 2.05) is 0 Å². The molecular weight excluding hydrogens is 502 g/mol. The molecule has 232 valence electrons. The van der Waals surface area contributed by atoms with E-state index in [1.54, 1.807) is 0 Å². The van der Waals surface area contributed by atoms with Crippen LogP contribution in [0.25, 0.3) is 0 Å². The summed E-state index contributed by atoms with van der Waals surface area (Å²) in [5, 5.41) is 11.0. The number of hydrogen-bond donors (Lipinski definition) is 2. The minimum absolute atomic E-state index is 0.0361. The molecule has 40 heavy (non-hydrogen) atoms. The molecule has 0 saturated carbocycles. The van der Waals surface area contributed by atoms with Gasteiger partial charge in [-0.15, -0.1) is 0 Å². The predicted molar refractivity (Wildman–Crippen MR) is 166 cm³/mol. The SMILES string of the molecule is CCCCC/C=C\C/C=C\CCCCCCCCCCCC(=O)OC(CCC)CCCCCC(=O)NCC(=O)O. The van der Waals surface area contributed by atoms with Crippen LogP contribution in [-0.2, 0) is 19.1 Å². The van der Waals surface area contributed by atoms with Gasteiger partial charge in [0.05, 0.1) is 0 Å². The van der Waals surface area contributed by atoms with Gasteiger partial charge in [-0.2, -0.15) is 0 Å². The maximum Gasteiger partial charge on any atom is 0.322 e. The van der Waals surface area contributed by atoms with Crippen molar-refractivity contribution in [1.29, 1.82) is 0 Å². The summed E-state index contributed by atoms with van der Waals surface area (Å²) in [6, 6.07) is 0. The highest BCUT2D eigenvalue weighted by atomic mass is 16.5. The number of hydrogen-bond acceptors (Lipinski definition) is 4. The third-order valence-corrected chi connectivity index (χ3v) is 7.11. The van der Waals surface area contributed by atoms with Crippen molar-refractivity contribution in [2.75, 3.05) is 6.54 Å². The van der Waals surface area contributed by atoms with Gasteiger partial charge in [0.2, 0.25) is 5.91 Å². The Hall–Kier alpha value is -2.11. The lowest BCUT2D eigenvalue weighted by molar-refractivity contribution is -0.150. The summed E-state index contributed by atoms with van der Waals surface area (Å²) in [5.74, 6) is -1.34. The molecule has 2 N–H and O–H groups in total. The number of carbonyl (C=O) groups excluding carboxylic acids is 2. The highest BCUT2D eigenvalue weighted by Crippen LogP contribution is 2.16. The highest BCUT2D eigenvalue weighted by Gasteiger charge is 2.13. The summed E-state index contributed by atoms with van der Waals surface area (Å²) in [7, 11) is 0. The van der Waals surface area contributed by atoms with Gasteiger partial charge >= 0.3 is 11.9 Å². The summed E-state index contributed by atoms with van der Waals surface area (Å²) in [5.41, 5.74) is 0. The molecular formula is C34H61NO5. The lowest BCUT2D eigenvalue weighted by atomic mass is 10.0. The van der Waals surface area contributed by atoms with Crippen LogP contribution in [0.1, 0.15) is 162 Å². The van der Waals surface area contributed by atoms with E-state index in [1.165, 1.54) is 77.0 Å². The summed E-state index contributed by atoms with van der Waals surface area (Å²) in [6.45, 7) is 4.01. The lowest BCUT2D eigenvalue weighted by Crippen LogP contribution is -2.28.